The van der Waals surface area contributed by atoms with E-state index in [0.29, 0.717) is 74.1 Å². The minimum absolute atomic E-state index is 0.160. The zero-order valence-corrected chi connectivity index (χ0v) is 20.5. The number of aromatic nitrogens is 1. The van der Waals surface area contributed by atoms with Gasteiger partial charge in [-0.15, -0.1) is 11.3 Å². The molecule has 5 rings (SSSR count). The highest BCUT2D eigenvalue weighted by molar-refractivity contribution is 7.13. The lowest BCUT2D eigenvalue weighted by atomic mass is 9.81. The van der Waals surface area contributed by atoms with Gasteiger partial charge in [0.05, 0.1) is 11.4 Å². The predicted molar refractivity (Wildman–Crippen MR) is 129 cm³/mol. The monoisotopic (exact) mass is 505 g/mol. The number of carbonyl (C=O) groups is 1. The van der Waals surface area contributed by atoms with Crippen molar-refractivity contribution in [2.75, 3.05) is 39.0 Å². The molecule has 35 heavy (non-hydrogen) atoms. The third-order valence-electron chi connectivity index (χ3n) is 7.22. The number of piperidine rings is 2. The lowest BCUT2D eigenvalue weighted by Gasteiger charge is -2.46. The summed E-state index contributed by atoms with van der Waals surface area (Å²) in [6.07, 6.45) is 1.83. The Morgan fingerprint density at radius 2 is 2.00 bits per heavy atom. The number of carbonyl (C=O) groups excluding carboxylic acids is 1. The van der Waals surface area contributed by atoms with E-state index in [0.717, 1.165) is 5.69 Å². The van der Waals surface area contributed by atoms with E-state index in [9.17, 15) is 9.18 Å². The largest absolute Gasteiger partial charge is 0.486 e. The van der Waals surface area contributed by atoms with Crippen molar-refractivity contribution in [3.05, 3.63) is 40.7 Å². The van der Waals surface area contributed by atoms with Crippen LogP contribution in [-0.2, 0) is 16.2 Å². The molecular weight excluding hydrogens is 476 g/mol. The van der Waals surface area contributed by atoms with Gasteiger partial charge in [-0.1, -0.05) is 5.16 Å². The second-order valence-electron chi connectivity index (χ2n) is 9.53. The summed E-state index contributed by atoms with van der Waals surface area (Å²) in [5.74, 6) is -0.263. The van der Waals surface area contributed by atoms with Crippen molar-refractivity contribution in [1.82, 2.24) is 14.8 Å². The molecular formula is C24H29F2N5O3S. The minimum Gasteiger partial charge on any atom is -0.486 e. The van der Waals surface area contributed by atoms with Gasteiger partial charge in [-0.25, -0.2) is 13.8 Å². The fourth-order valence-electron chi connectivity index (χ4n) is 5.26. The number of fused-ring (bicyclic) bond motifs is 1. The highest BCUT2D eigenvalue weighted by Gasteiger charge is 2.48. The number of benzene rings is 1. The summed E-state index contributed by atoms with van der Waals surface area (Å²) in [7, 11) is 1.45. The van der Waals surface area contributed by atoms with E-state index in [1.165, 1.54) is 30.6 Å². The maximum atomic E-state index is 15.7. The number of rotatable bonds is 4. The number of anilines is 1. The molecule has 1 aromatic heterocycles. The van der Waals surface area contributed by atoms with Crippen LogP contribution in [0.15, 0.2) is 28.7 Å². The Morgan fingerprint density at radius 3 is 2.66 bits per heavy atom. The van der Waals surface area contributed by atoms with Crippen LogP contribution in [0.3, 0.4) is 0 Å². The Balaban J connectivity index is 1.20. The molecule has 3 aliphatic heterocycles. The molecule has 0 saturated carbocycles. The van der Waals surface area contributed by atoms with Crippen LogP contribution in [0.25, 0.3) is 0 Å². The molecule has 188 valence electrons. The van der Waals surface area contributed by atoms with E-state index < -0.39 is 17.2 Å². The van der Waals surface area contributed by atoms with Gasteiger partial charge in [-0.05, 0) is 18.2 Å². The van der Waals surface area contributed by atoms with Gasteiger partial charge in [0.15, 0.2) is 10.8 Å². The average Bonchev–Trinajstić information content (AvgIpc) is 3.26. The fourth-order valence-corrected chi connectivity index (χ4v) is 5.82. The van der Waals surface area contributed by atoms with E-state index in [1.54, 1.807) is 11.0 Å². The second kappa shape index (κ2) is 9.34. The Bertz CT molecular complexity index is 1120. The first-order chi connectivity index (χ1) is 16.8. The Labute approximate surface area is 206 Å². The number of oxime groups is 1. The second-order valence-corrected chi connectivity index (χ2v) is 10.4. The van der Waals surface area contributed by atoms with Crippen molar-refractivity contribution >= 4 is 28.1 Å². The standard InChI is InChI=1S/C24H29F2N5O3S/c1-33-29-19-13-23(34-20-3-2-16(25)12-18(19)20)4-10-31(11-5-23)21(32)24(26)6-8-30(9-7-24)14-17-15-35-22(27)28-17/h2-3,12,15H,4-11,13-14H2,1H3,(H2,27,28)/b29-19+. The van der Waals surface area contributed by atoms with Gasteiger partial charge >= 0.3 is 0 Å². The van der Waals surface area contributed by atoms with Gasteiger partial charge in [0.1, 0.15) is 24.3 Å². The molecule has 4 heterocycles. The van der Waals surface area contributed by atoms with Crippen LogP contribution in [0.5, 0.6) is 5.75 Å². The van der Waals surface area contributed by atoms with Crippen LogP contribution in [0, 0.1) is 5.82 Å². The molecule has 2 aromatic rings. The van der Waals surface area contributed by atoms with E-state index in [-0.39, 0.29) is 18.7 Å². The van der Waals surface area contributed by atoms with Crippen LogP contribution in [0.2, 0.25) is 0 Å². The lowest BCUT2D eigenvalue weighted by Crippen LogP contribution is -2.57. The fraction of sp³-hybridized carbons (Fsp3) is 0.542. The van der Waals surface area contributed by atoms with Crippen molar-refractivity contribution in [2.45, 2.75) is 49.9 Å². The summed E-state index contributed by atoms with van der Waals surface area (Å²) in [6.45, 7) is 2.37. The molecule has 0 radical (unpaired) electrons. The first-order valence-electron chi connectivity index (χ1n) is 11.8. The number of thiazole rings is 1. The van der Waals surface area contributed by atoms with Gasteiger partial charge in [0.2, 0.25) is 0 Å². The van der Waals surface area contributed by atoms with E-state index in [2.05, 4.69) is 15.0 Å². The zero-order valence-electron chi connectivity index (χ0n) is 19.6. The van der Waals surface area contributed by atoms with Crippen molar-refractivity contribution in [3.8, 4) is 5.75 Å². The molecule has 11 heteroatoms. The Morgan fingerprint density at radius 1 is 1.26 bits per heavy atom. The molecule has 0 unspecified atom stereocenters. The molecule has 2 N–H and O–H groups in total. The molecule has 2 fully saturated rings. The van der Waals surface area contributed by atoms with Crippen molar-refractivity contribution in [3.63, 3.8) is 0 Å². The smallest absolute Gasteiger partial charge is 0.260 e. The average molecular weight is 506 g/mol. The molecule has 1 aromatic carbocycles. The Hall–Kier alpha value is -2.79. The van der Waals surface area contributed by atoms with Gasteiger partial charge < -0.3 is 20.2 Å². The van der Waals surface area contributed by atoms with Crippen molar-refractivity contribution in [1.29, 1.82) is 0 Å². The first kappa shape index (κ1) is 23.9. The van der Waals surface area contributed by atoms with E-state index >= 15 is 4.39 Å². The zero-order chi connectivity index (χ0) is 24.6. The topological polar surface area (TPSA) is 93.3 Å². The number of ether oxygens (including phenoxy) is 1. The summed E-state index contributed by atoms with van der Waals surface area (Å²) >= 11 is 1.39. The third-order valence-corrected chi connectivity index (χ3v) is 7.94. The summed E-state index contributed by atoms with van der Waals surface area (Å²) < 4.78 is 35.8. The maximum Gasteiger partial charge on any atom is 0.260 e. The van der Waals surface area contributed by atoms with Gasteiger partial charge in [-0.2, -0.15) is 0 Å². The molecule has 8 nitrogen and oxygen atoms in total. The predicted octanol–water partition coefficient (Wildman–Crippen LogP) is 3.36. The minimum atomic E-state index is -1.86. The summed E-state index contributed by atoms with van der Waals surface area (Å²) in [5.41, 5.74) is 5.32. The molecule has 2 saturated heterocycles. The SMILES string of the molecule is CO/N=C1\CC2(CCN(C(=O)C3(F)CCN(Cc4csc(N)n4)CC3)CC2)Oc2ccc(F)cc21. The van der Waals surface area contributed by atoms with Crippen LogP contribution < -0.4 is 10.5 Å². The van der Waals surface area contributed by atoms with Crippen LogP contribution >= 0.6 is 11.3 Å². The highest BCUT2D eigenvalue weighted by atomic mass is 32.1. The number of nitrogens with zero attached hydrogens (tertiary/aromatic N) is 4. The number of nitrogen functional groups attached to an aromatic ring is 1. The molecule has 0 aliphatic carbocycles. The van der Waals surface area contributed by atoms with Gasteiger partial charge in [-0.3, -0.25) is 9.69 Å². The van der Waals surface area contributed by atoms with Crippen LogP contribution in [0.1, 0.15) is 43.4 Å². The number of alkyl halides is 1. The normalized spacial score (nSPS) is 22.6. The maximum absolute atomic E-state index is 15.7. The number of nitrogens with two attached hydrogens (primary N) is 1. The number of halogens is 2. The molecule has 0 bridgehead atoms. The van der Waals surface area contributed by atoms with E-state index in [1.807, 2.05) is 5.38 Å². The lowest BCUT2D eigenvalue weighted by molar-refractivity contribution is -0.151. The molecule has 3 aliphatic rings. The third kappa shape index (κ3) is 4.84. The molecule has 0 atom stereocenters. The first-order valence-corrected chi connectivity index (χ1v) is 12.7. The quantitative estimate of drug-likeness (QED) is 0.641. The molecule has 1 spiro atoms. The summed E-state index contributed by atoms with van der Waals surface area (Å²) in [5, 5.41) is 6.54. The number of hydrogen-bond donors (Lipinski definition) is 1. The van der Waals surface area contributed by atoms with Crippen molar-refractivity contribution < 1.29 is 23.1 Å². The van der Waals surface area contributed by atoms with E-state index in [4.69, 9.17) is 15.3 Å². The molecule has 1 amide bonds. The number of amides is 1. The number of hydrogen-bond acceptors (Lipinski definition) is 8. The summed E-state index contributed by atoms with van der Waals surface area (Å²) in [4.78, 5) is 26.2. The van der Waals surface area contributed by atoms with Crippen LogP contribution in [-0.4, -0.2) is 71.0 Å². The summed E-state index contributed by atoms with van der Waals surface area (Å²) in [6, 6.07) is 4.34. The highest BCUT2D eigenvalue weighted by Crippen LogP contribution is 2.41. The van der Waals surface area contributed by atoms with Crippen molar-refractivity contribution in [2.24, 2.45) is 5.16 Å². The van der Waals surface area contributed by atoms with Crippen LogP contribution in [0.4, 0.5) is 13.9 Å². The van der Waals surface area contributed by atoms with Gasteiger partial charge in [0, 0.05) is 75.8 Å². The van der Waals surface area contributed by atoms with Gasteiger partial charge in [0.25, 0.3) is 5.91 Å². The Kier molecular flexibility index (Phi) is 6.39. The number of likely N-dealkylation sites (tertiary alicyclic amines) is 2.